The van der Waals surface area contributed by atoms with Gasteiger partial charge in [-0.05, 0) is 31.2 Å². The summed E-state index contributed by atoms with van der Waals surface area (Å²) in [4.78, 5) is 18.7. The van der Waals surface area contributed by atoms with Gasteiger partial charge in [0.05, 0.1) is 17.6 Å². The predicted octanol–water partition coefficient (Wildman–Crippen LogP) is 2.43. The van der Waals surface area contributed by atoms with Crippen LogP contribution in [-0.4, -0.2) is 55.2 Å². The number of aryl methyl sites for hydroxylation is 1. The van der Waals surface area contributed by atoms with Crippen LogP contribution in [0.4, 0.5) is 0 Å². The number of benzene rings is 2. The molecule has 0 radical (unpaired) electrons. The number of aromatic nitrogens is 2. The van der Waals surface area contributed by atoms with Crippen molar-refractivity contribution in [1.29, 1.82) is 0 Å². The topological polar surface area (TPSA) is 81.5 Å². The van der Waals surface area contributed by atoms with E-state index in [1.54, 1.807) is 22.6 Å². The SMILES string of the molecule is Cc1ccc(OCCN(C)C(=O)Cn2c(CS(C)(=O)=O)nc3ccccc32)cc1. The molecule has 0 bridgehead atoms. The first kappa shape index (κ1) is 20.9. The van der Waals surface area contributed by atoms with Crippen molar-refractivity contribution >= 4 is 26.8 Å². The Hall–Kier alpha value is -2.87. The maximum Gasteiger partial charge on any atom is 0.242 e. The van der Waals surface area contributed by atoms with E-state index in [1.165, 1.54) is 0 Å². The number of amides is 1. The maximum atomic E-state index is 12.7. The van der Waals surface area contributed by atoms with Gasteiger partial charge in [0, 0.05) is 13.3 Å². The summed E-state index contributed by atoms with van der Waals surface area (Å²) in [7, 11) is -1.57. The third-order valence-electron chi connectivity index (χ3n) is 4.56. The van der Waals surface area contributed by atoms with Crippen LogP contribution in [0.25, 0.3) is 11.0 Å². The first-order valence-corrected chi connectivity index (χ1v) is 11.3. The summed E-state index contributed by atoms with van der Waals surface area (Å²) in [5.41, 5.74) is 2.57. The second kappa shape index (κ2) is 8.65. The molecule has 1 amide bonds. The van der Waals surface area contributed by atoms with E-state index >= 15 is 0 Å². The number of para-hydroxylation sites is 2. The molecule has 0 unspecified atom stereocenters. The number of rotatable bonds is 8. The van der Waals surface area contributed by atoms with Gasteiger partial charge >= 0.3 is 0 Å². The van der Waals surface area contributed by atoms with Gasteiger partial charge in [0.25, 0.3) is 0 Å². The maximum absolute atomic E-state index is 12.7. The Balaban J connectivity index is 1.68. The van der Waals surface area contributed by atoms with Gasteiger partial charge in [-0.25, -0.2) is 13.4 Å². The molecular formula is C21H25N3O4S. The molecule has 0 atom stereocenters. The Kier molecular flexibility index (Phi) is 6.22. The lowest BCUT2D eigenvalue weighted by Crippen LogP contribution is -2.34. The fourth-order valence-corrected chi connectivity index (χ4v) is 3.65. The van der Waals surface area contributed by atoms with Gasteiger partial charge in [-0.3, -0.25) is 4.79 Å². The van der Waals surface area contributed by atoms with Crippen LogP contribution in [0.2, 0.25) is 0 Å². The summed E-state index contributed by atoms with van der Waals surface area (Å²) in [6, 6.07) is 15.0. The highest BCUT2D eigenvalue weighted by molar-refractivity contribution is 7.89. The molecule has 0 N–H and O–H groups in total. The predicted molar refractivity (Wildman–Crippen MR) is 113 cm³/mol. The molecule has 154 valence electrons. The molecule has 0 spiro atoms. The Bertz CT molecular complexity index is 1100. The van der Waals surface area contributed by atoms with E-state index in [0.29, 0.717) is 24.5 Å². The zero-order valence-electron chi connectivity index (χ0n) is 16.8. The zero-order valence-corrected chi connectivity index (χ0v) is 17.6. The smallest absolute Gasteiger partial charge is 0.242 e. The number of hydrogen-bond acceptors (Lipinski definition) is 5. The van der Waals surface area contributed by atoms with Crippen LogP contribution < -0.4 is 4.74 Å². The van der Waals surface area contributed by atoms with E-state index in [9.17, 15) is 13.2 Å². The Labute approximate surface area is 170 Å². The highest BCUT2D eigenvalue weighted by Crippen LogP contribution is 2.18. The molecule has 0 fully saturated rings. The molecule has 2 aromatic carbocycles. The zero-order chi connectivity index (χ0) is 21.0. The van der Waals surface area contributed by atoms with Crippen LogP contribution in [0.15, 0.2) is 48.5 Å². The average molecular weight is 416 g/mol. The normalized spacial score (nSPS) is 11.6. The van der Waals surface area contributed by atoms with Crippen LogP contribution in [0, 0.1) is 6.92 Å². The molecule has 0 aliphatic carbocycles. The summed E-state index contributed by atoms with van der Waals surface area (Å²) in [6.07, 6.45) is 1.16. The minimum absolute atomic E-state index is 0.0202. The van der Waals surface area contributed by atoms with Gasteiger partial charge in [0.15, 0.2) is 9.84 Å². The first-order chi connectivity index (χ1) is 13.7. The molecule has 3 rings (SSSR count). The Morgan fingerprint density at radius 2 is 1.83 bits per heavy atom. The third-order valence-corrected chi connectivity index (χ3v) is 5.34. The minimum atomic E-state index is -3.28. The van der Waals surface area contributed by atoms with Gasteiger partial charge in [-0.1, -0.05) is 29.8 Å². The van der Waals surface area contributed by atoms with Crippen LogP contribution in [-0.2, 0) is 26.9 Å². The number of fused-ring (bicyclic) bond motifs is 1. The molecule has 7 nitrogen and oxygen atoms in total. The van der Waals surface area contributed by atoms with Gasteiger partial charge in [-0.15, -0.1) is 0 Å². The van der Waals surface area contributed by atoms with E-state index in [1.807, 2.05) is 49.4 Å². The number of carbonyl (C=O) groups is 1. The largest absolute Gasteiger partial charge is 0.492 e. The number of nitrogens with zero attached hydrogens (tertiary/aromatic N) is 3. The molecule has 0 aliphatic heterocycles. The second-order valence-electron chi connectivity index (χ2n) is 7.15. The lowest BCUT2D eigenvalue weighted by Gasteiger charge is -2.19. The lowest BCUT2D eigenvalue weighted by atomic mass is 10.2. The summed E-state index contributed by atoms with van der Waals surface area (Å²) < 4.78 is 30.9. The van der Waals surface area contributed by atoms with Gasteiger partial charge in [-0.2, -0.15) is 0 Å². The van der Waals surface area contributed by atoms with Crippen molar-refractivity contribution in [2.45, 2.75) is 19.2 Å². The highest BCUT2D eigenvalue weighted by Gasteiger charge is 2.18. The fourth-order valence-electron chi connectivity index (χ4n) is 2.96. The minimum Gasteiger partial charge on any atom is -0.492 e. The first-order valence-electron chi connectivity index (χ1n) is 9.28. The average Bonchev–Trinajstić information content (AvgIpc) is 2.98. The van der Waals surface area contributed by atoms with E-state index in [0.717, 1.165) is 23.1 Å². The third kappa shape index (κ3) is 5.57. The highest BCUT2D eigenvalue weighted by atomic mass is 32.2. The molecular weight excluding hydrogens is 390 g/mol. The quantitative estimate of drug-likeness (QED) is 0.564. The summed E-state index contributed by atoms with van der Waals surface area (Å²) in [6.45, 7) is 2.81. The van der Waals surface area contributed by atoms with Crippen molar-refractivity contribution in [2.24, 2.45) is 0 Å². The van der Waals surface area contributed by atoms with Gasteiger partial charge < -0.3 is 14.2 Å². The number of sulfone groups is 1. The molecule has 0 aliphatic rings. The van der Waals surface area contributed by atoms with Crippen molar-refractivity contribution in [3.63, 3.8) is 0 Å². The van der Waals surface area contributed by atoms with E-state index in [-0.39, 0.29) is 18.2 Å². The summed E-state index contributed by atoms with van der Waals surface area (Å²) in [5, 5.41) is 0. The molecule has 1 aromatic heterocycles. The fraction of sp³-hybridized carbons (Fsp3) is 0.333. The Morgan fingerprint density at radius 1 is 1.14 bits per heavy atom. The van der Waals surface area contributed by atoms with Gasteiger partial charge in [0.2, 0.25) is 5.91 Å². The molecule has 29 heavy (non-hydrogen) atoms. The summed E-state index contributed by atoms with van der Waals surface area (Å²) in [5.74, 6) is 0.768. The van der Waals surface area contributed by atoms with E-state index in [4.69, 9.17) is 4.74 Å². The molecule has 8 heteroatoms. The van der Waals surface area contributed by atoms with Crippen molar-refractivity contribution in [3.8, 4) is 5.75 Å². The lowest BCUT2D eigenvalue weighted by molar-refractivity contribution is -0.130. The van der Waals surface area contributed by atoms with Crippen LogP contribution in [0.1, 0.15) is 11.4 Å². The number of likely N-dealkylation sites (N-methyl/N-ethyl adjacent to an activating group) is 1. The molecule has 0 saturated carbocycles. The van der Waals surface area contributed by atoms with Crippen molar-refractivity contribution in [1.82, 2.24) is 14.5 Å². The van der Waals surface area contributed by atoms with E-state index in [2.05, 4.69) is 4.98 Å². The monoisotopic (exact) mass is 415 g/mol. The van der Waals surface area contributed by atoms with Crippen molar-refractivity contribution in [2.75, 3.05) is 26.5 Å². The molecule has 3 aromatic rings. The number of imidazole rings is 1. The van der Waals surface area contributed by atoms with Crippen LogP contribution in [0.3, 0.4) is 0 Å². The van der Waals surface area contributed by atoms with Crippen molar-refractivity contribution < 1.29 is 17.9 Å². The van der Waals surface area contributed by atoms with Crippen molar-refractivity contribution in [3.05, 3.63) is 59.9 Å². The standard InChI is InChI=1S/C21H25N3O4S/c1-16-8-10-17(11-9-16)28-13-12-23(2)21(25)14-24-19-7-5-4-6-18(19)22-20(24)15-29(3,26)27/h4-11H,12-15H2,1-3H3. The molecule has 1 heterocycles. The number of hydrogen-bond donors (Lipinski definition) is 0. The Morgan fingerprint density at radius 3 is 2.52 bits per heavy atom. The van der Waals surface area contributed by atoms with E-state index < -0.39 is 9.84 Å². The van der Waals surface area contributed by atoms with Gasteiger partial charge in [0.1, 0.15) is 30.5 Å². The van der Waals surface area contributed by atoms with Crippen LogP contribution in [0.5, 0.6) is 5.75 Å². The summed E-state index contributed by atoms with van der Waals surface area (Å²) >= 11 is 0. The number of ether oxygens (including phenoxy) is 1. The molecule has 0 saturated heterocycles. The second-order valence-corrected chi connectivity index (χ2v) is 9.29. The van der Waals surface area contributed by atoms with Crippen LogP contribution >= 0.6 is 0 Å². The number of carbonyl (C=O) groups excluding carboxylic acids is 1.